The molecule has 0 radical (unpaired) electrons. The van der Waals surface area contributed by atoms with E-state index in [-0.39, 0.29) is 0 Å². The highest BCUT2D eigenvalue weighted by Gasteiger charge is 2.34. The molecule has 0 aliphatic rings. The van der Waals surface area contributed by atoms with E-state index in [9.17, 15) is 30.7 Å². The molecular formula is C10H8F7N. The molecular weight excluding hydrogens is 267 g/mol. The van der Waals surface area contributed by atoms with Gasteiger partial charge in [-0.25, -0.2) is 4.39 Å². The number of nitrogens with one attached hydrogen (secondary N) is 1. The number of halogens is 7. The quantitative estimate of drug-likeness (QED) is 0.832. The van der Waals surface area contributed by atoms with Crippen LogP contribution in [-0.2, 0) is 12.7 Å². The fraction of sp³-hybridized carbons (Fsp3) is 0.400. The van der Waals surface area contributed by atoms with Gasteiger partial charge in [-0.1, -0.05) is 12.1 Å². The van der Waals surface area contributed by atoms with Crippen molar-refractivity contribution in [1.29, 1.82) is 0 Å². The summed E-state index contributed by atoms with van der Waals surface area (Å²) in [5, 5.41) is 1.83. The summed E-state index contributed by atoms with van der Waals surface area (Å²) in [6.45, 7) is -2.03. The minimum atomic E-state index is -4.87. The highest BCUT2D eigenvalue weighted by molar-refractivity contribution is 5.28. The molecule has 0 atom stereocenters. The van der Waals surface area contributed by atoms with Gasteiger partial charge in [-0.3, -0.25) is 0 Å². The molecule has 0 aliphatic heterocycles. The van der Waals surface area contributed by atoms with Crippen molar-refractivity contribution in [2.24, 2.45) is 0 Å². The average Bonchev–Trinajstić information content (AvgIpc) is 2.17. The molecule has 1 nitrogen and oxygen atoms in total. The Morgan fingerprint density at radius 1 is 1.00 bits per heavy atom. The standard InChI is InChI=1S/C10H8F7N/c11-8-6(4-18-5-9(12,13)14)2-1-3-7(8)10(15,16)17/h1-3,18H,4-5H2. The second kappa shape index (κ2) is 5.13. The molecule has 0 saturated heterocycles. The summed E-state index contributed by atoms with van der Waals surface area (Å²) >= 11 is 0. The summed E-state index contributed by atoms with van der Waals surface area (Å²) in [6, 6.07) is 2.47. The van der Waals surface area contributed by atoms with Crippen molar-refractivity contribution in [1.82, 2.24) is 5.32 Å². The average molecular weight is 275 g/mol. The summed E-state index contributed by atoms with van der Waals surface area (Å²) in [5.74, 6) is -1.56. The molecule has 0 aliphatic carbocycles. The van der Waals surface area contributed by atoms with Crippen LogP contribution in [0, 0.1) is 5.82 Å². The lowest BCUT2D eigenvalue weighted by molar-refractivity contribution is -0.140. The molecule has 0 amide bonds. The Morgan fingerprint density at radius 3 is 2.11 bits per heavy atom. The number of alkyl halides is 6. The van der Waals surface area contributed by atoms with Gasteiger partial charge in [0.1, 0.15) is 5.82 Å². The van der Waals surface area contributed by atoms with Crippen molar-refractivity contribution in [3.05, 3.63) is 35.1 Å². The van der Waals surface area contributed by atoms with Crippen molar-refractivity contribution in [2.75, 3.05) is 6.54 Å². The van der Waals surface area contributed by atoms with E-state index in [1.54, 1.807) is 0 Å². The van der Waals surface area contributed by atoms with Gasteiger partial charge < -0.3 is 5.32 Å². The van der Waals surface area contributed by atoms with Gasteiger partial charge in [0.2, 0.25) is 0 Å². The van der Waals surface area contributed by atoms with Gasteiger partial charge in [0.25, 0.3) is 0 Å². The van der Waals surface area contributed by atoms with Crippen LogP contribution in [0.3, 0.4) is 0 Å². The van der Waals surface area contributed by atoms with Crippen molar-refractivity contribution >= 4 is 0 Å². The lowest BCUT2D eigenvalue weighted by Crippen LogP contribution is -2.28. The van der Waals surface area contributed by atoms with E-state index < -0.39 is 42.4 Å². The van der Waals surface area contributed by atoms with Crippen LogP contribution in [0.1, 0.15) is 11.1 Å². The van der Waals surface area contributed by atoms with Crippen molar-refractivity contribution in [3.63, 3.8) is 0 Å². The number of benzene rings is 1. The maximum absolute atomic E-state index is 13.3. The zero-order chi connectivity index (χ0) is 14.0. The lowest BCUT2D eigenvalue weighted by atomic mass is 10.1. The first-order valence-electron chi connectivity index (χ1n) is 4.73. The van der Waals surface area contributed by atoms with Gasteiger partial charge in [0.15, 0.2) is 0 Å². The molecule has 8 heteroatoms. The highest BCUT2D eigenvalue weighted by atomic mass is 19.4. The highest BCUT2D eigenvalue weighted by Crippen LogP contribution is 2.32. The van der Waals surface area contributed by atoms with Crippen LogP contribution in [0.25, 0.3) is 0 Å². The Kier molecular flexibility index (Phi) is 4.20. The topological polar surface area (TPSA) is 12.0 Å². The summed E-state index contributed by atoms with van der Waals surface area (Å²) < 4.78 is 85.6. The number of hydrogen-bond acceptors (Lipinski definition) is 1. The first-order chi connectivity index (χ1) is 8.11. The molecule has 1 aromatic rings. The largest absolute Gasteiger partial charge is 0.419 e. The van der Waals surface area contributed by atoms with Crippen LogP contribution in [0.2, 0.25) is 0 Å². The zero-order valence-electron chi connectivity index (χ0n) is 8.79. The maximum Gasteiger partial charge on any atom is 0.419 e. The van der Waals surface area contributed by atoms with Gasteiger partial charge >= 0.3 is 12.4 Å². The SMILES string of the molecule is Fc1c(CNCC(F)(F)F)cccc1C(F)(F)F. The molecule has 18 heavy (non-hydrogen) atoms. The molecule has 1 N–H and O–H groups in total. The van der Waals surface area contributed by atoms with E-state index in [0.717, 1.165) is 12.1 Å². The first-order valence-corrected chi connectivity index (χ1v) is 4.73. The van der Waals surface area contributed by atoms with E-state index in [2.05, 4.69) is 0 Å². The van der Waals surface area contributed by atoms with Gasteiger partial charge in [-0.15, -0.1) is 0 Å². The third kappa shape index (κ3) is 4.17. The minimum absolute atomic E-state index is 0.464. The molecule has 0 unspecified atom stereocenters. The predicted octanol–water partition coefficient (Wildman–Crippen LogP) is 3.50. The van der Waals surface area contributed by atoms with E-state index in [1.165, 1.54) is 0 Å². The first kappa shape index (κ1) is 14.7. The van der Waals surface area contributed by atoms with Crippen molar-refractivity contribution in [2.45, 2.75) is 18.9 Å². The molecule has 0 heterocycles. The normalized spacial score (nSPS) is 12.8. The fourth-order valence-corrected chi connectivity index (χ4v) is 1.27. The fourth-order valence-electron chi connectivity index (χ4n) is 1.27. The zero-order valence-corrected chi connectivity index (χ0v) is 8.79. The Balaban J connectivity index is 2.79. The van der Waals surface area contributed by atoms with Crippen LogP contribution in [0.4, 0.5) is 30.7 Å². The maximum atomic E-state index is 13.3. The van der Waals surface area contributed by atoms with Gasteiger partial charge in [-0.05, 0) is 6.07 Å². The monoisotopic (exact) mass is 275 g/mol. The van der Waals surface area contributed by atoms with E-state index in [1.807, 2.05) is 5.32 Å². The van der Waals surface area contributed by atoms with Crippen LogP contribution in [0.15, 0.2) is 18.2 Å². The number of rotatable bonds is 3. The lowest BCUT2D eigenvalue weighted by Gasteiger charge is -2.12. The van der Waals surface area contributed by atoms with Crippen molar-refractivity contribution in [3.8, 4) is 0 Å². The Hall–Kier alpha value is -1.31. The van der Waals surface area contributed by atoms with Gasteiger partial charge in [0, 0.05) is 12.1 Å². The molecule has 1 aromatic carbocycles. The van der Waals surface area contributed by atoms with Crippen LogP contribution >= 0.6 is 0 Å². The van der Waals surface area contributed by atoms with E-state index in [4.69, 9.17) is 0 Å². The van der Waals surface area contributed by atoms with Crippen LogP contribution in [-0.4, -0.2) is 12.7 Å². The Bertz CT molecular complexity index is 408. The van der Waals surface area contributed by atoms with Crippen molar-refractivity contribution < 1.29 is 30.7 Å². The van der Waals surface area contributed by atoms with E-state index >= 15 is 0 Å². The summed E-state index contributed by atoms with van der Waals surface area (Å²) in [7, 11) is 0. The van der Waals surface area contributed by atoms with Gasteiger partial charge in [0.05, 0.1) is 12.1 Å². The molecule has 1 rings (SSSR count). The third-order valence-electron chi connectivity index (χ3n) is 2.02. The Labute approximate surface area is 97.6 Å². The molecule has 0 bridgehead atoms. The minimum Gasteiger partial charge on any atom is -0.304 e. The second-order valence-corrected chi connectivity index (χ2v) is 3.50. The van der Waals surface area contributed by atoms with Crippen LogP contribution in [0.5, 0.6) is 0 Å². The molecule has 102 valence electrons. The summed E-state index contributed by atoms with van der Waals surface area (Å²) in [4.78, 5) is 0. The molecule has 0 fully saturated rings. The van der Waals surface area contributed by atoms with Gasteiger partial charge in [-0.2, -0.15) is 26.3 Å². The van der Waals surface area contributed by atoms with E-state index in [0.29, 0.717) is 6.07 Å². The predicted molar refractivity (Wildman–Crippen MR) is 49.2 cm³/mol. The summed E-state index contributed by atoms with van der Waals surface area (Å²) in [6.07, 6.45) is -9.37. The Morgan fingerprint density at radius 2 is 1.61 bits per heavy atom. The van der Waals surface area contributed by atoms with Crippen LogP contribution < -0.4 is 5.32 Å². The molecule has 0 saturated carbocycles. The molecule has 0 spiro atoms. The molecule has 0 aromatic heterocycles. The smallest absolute Gasteiger partial charge is 0.304 e. The summed E-state index contributed by atoms with van der Waals surface area (Å²) in [5.41, 5.74) is -1.96. The second-order valence-electron chi connectivity index (χ2n) is 3.50. The number of hydrogen-bond donors (Lipinski definition) is 1. The third-order valence-corrected chi connectivity index (χ3v) is 2.02.